The Morgan fingerprint density at radius 1 is 1.07 bits per heavy atom. The van der Waals surface area contributed by atoms with Gasteiger partial charge in [-0.05, 0) is 30.5 Å². The standard InChI is InChI=1S/C22H22N2O4/c1-15(17-9-5-3-6-10-17)13-23-19(25)14-27-22(26)20-16(2)28-21(24-20)18-11-7-4-8-12-18/h3-12,15H,13-14H2,1-2H3,(H,23,25)/t15-/m0/s1. The number of aryl methyl sites for hydroxylation is 1. The quantitative estimate of drug-likeness (QED) is 0.634. The summed E-state index contributed by atoms with van der Waals surface area (Å²) in [5.41, 5.74) is 1.97. The smallest absolute Gasteiger partial charge is 0.361 e. The molecule has 0 aliphatic rings. The lowest BCUT2D eigenvalue weighted by Gasteiger charge is -2.13. The summed E-state index contributed by atoms with van der Waals surface area (Å²) >= 11 is 0. The molecule has 0 fully saturated rings. The van der Waals surface area contributed by atoms with Crippen LogP contribution < -0.4 is 5.32 Å². The minimum atomic E-state index is -0.685. The molecule has 0 saturated heterocycles. The Kier molecular flexibility index (Phi) is 6.22. The van der Waals surface area contributed by atoms with Crippen LogP contribution in [0.25, 0.3) is 11.5 Å². The molecular formula is C22H22N2O4. The van der Waals surface area contributed by atoms with Crippen LogP contribution in [-0.4, -0.2) is 30.0 Å². The van der Waals surface area contributed by atoms with E-state index in [1.54, 1.807) is 6.92 Å². The Bertz CT molecular complexity index is 936. The van der Waals surface area contributed by atoms with Crippen molar-refractivity contribution in [1.82, 2.24) is 10.3 Å². The summed E-state index contributed by atoms with van der Waals surface area (Å²) in [4.78, 5) is 28.4. The summed E-state index contributed by atoms with van der Waals surface area (Å²) < 4.78 is 10.6. The number of esters is 1. The summed E-state index contributed by atoms with van der Waals surface area (Å²) in [6.45, 7) is 3.75. The van der Waals surface area contributed by atoms with Gasteiger partial charge in [0.25, 0.3) is 5.91 Å². The monoisotopic (exact) mass is 378 g/mol. The number of ether oxygens (including phenoxy) is 1. The minimum Gasteiger partial charge on any atom is -0.451 e. The van der Waals surface area contributed by atoms with Gasteiger partial charge >= 0.3 is 5.97 Å². The molecule has 1 heterocycles. The van der Waals surface area contributed by atoms with Gasteiger partial charge in [0.2, 0.25) is 5.89 Å². The Hall–Kier alpha value is -3.41. The third kappa shape index (κ3) is 4.85. The van der Waals surface area contributed by atoms with Crippen LogP contribution in [-0.2, 0) is 9.53 Å². The number of hydrogen-bond acceptors (Lipinski definition) is 5. The zero-order valence-corrected chi connectivity index (χ0v) is 15.8. The van der Waals surface area contributed by atoms with Gasteiger partial charge in [0, 0.05) is 12.1 Å². The van der Waals surface area contributed by atoms with Crippen LogP contribution in [0.5, 0.6) is 0 Å². The van der Waals surface area contributed by atoms with E-state index in [1.165, 1.54) is 0 Å². The highest BCUT2D eigenvalue weighted by atomic mass is 16.5. The maximum Gasteiger partial charge on any atom is 0.361 e. The van der Waals surface area contributed by atoms with Crippen molar-refractivity contribution in [3.8, 4) is 11.5 Å². The molecule has 28 heavy (non-hydrogen) atoms. The van der Waals surface area contributed by atoms with Crippen LogP contribution in [0.3, 0.4) is 0 Å². The zero-order valence-electron chi connectivity index (χ0n) is 15.8. The molecule has 0 unspecified atom stereocenters. The van der Waals surface area contributed by atoms with Crippen molar-refractivity contribution in [2.75, 3.05) is 13.2 Å². The molecule has 6 nitrogen and oxygen atoms in total. The van der Waals surface area contributed by atoms with Crippen molar-refractivity contribution in [1.29, 1.82) is 0 Å². The van der Waals surface area contributed by atoms with Crippen LogP contribution in [0.2, 0.25) is 0 Å². The second-order valence-corrected chi connectivity index (χ2v) is 6.48. The largest absolute Gasteiger partial charge is 0.451 e. The fourth-order valence-electron chi connectivity index (χ4n) is 2.71. The molecule has 0 radical (unpaired) electrons. The van der Waals surface area contributed by atoms with Gasteiger partial charge in [-0.1, -0.05) is 55.5 Å². The molecule has 0 bridgehead atoms. The van der Waals surface area contributed by atoms with Crippen LogP contribution in [0.1, 0.15) is 34.7 Å². The molecule has 3 rings (SSSR count). The number of carbonyl (C=O) groups is 2. The van der Waals surface area contributed by atoms with Crippen molar-refractivity contribution in [3.05, 3.63) is 77.7 Å². The lowest BCUT2D eigenvalue weighted by atomic mass is 10.0. The van der Waals surface area contributed by atoms with E-state index >= 15 is 0 Å². The van der Waals surface area contributed by atoms with E-state index in [1.807, 2.05) is 67.6 Å². The number of rotatable bonds is 7. The van der Waals surface area contributed by atoms with E-state index in [0.29, 0.717) is 18.2 Å². The van der Waals surface area contributed by atoms with E-state index in [-0.39, 0.29) is 24.1 Å². The summed E-state index contributed by atoms with van der Waals surface area (Å²) in [5.74, 6) is -0.199. The molecule has 144 valence electrons. The second kappa shape index (κ2) is 8.99. The first-order valence-electron chi connectivity index (χ1n) is 9.06. The Balaban J connectivity index is 1.51. The lowest BCUT2D eigenvalue weighted by Crippen LogP contribution is -2.31. The highest BCUT2D eigenvalue weighted by Gasteiger charge is 2.20. The first-order valence-corrected chi connectivity index (χ1v) is 9.06. The molecule has 6 heteroatoms. The van der Waals surface area contributed by atoms with Gasteiger partial charge in [-0.3, -0.25) is 4.79 Å². The average Bonchev–Trinajstić information content (AvgIpc) is 3.13. The molecular weight excluding hydrogens is 356 g/mol. The van der Waals surface area contributed by atoms with Gasteiger partial charge in [0.05, 0.1) is 0 Å². The Morgan fingerprint density at radius 2 is 1.71 bits per heavy atom. The molecule has 1 aromatic heterocycles. The average molecular weight is 378 g/mol. The molecule has 1 atom stereocenters. The Morgan fingerprint density at radius 3 is 2.39 bits per heavy atom. The van der Waals surface area contributed by atoms with E-state index in [2.05, 4.69) is 10.3 Å². The number of carbonyl (C=O) groups excluding carboxylic acids is 2. The van der Waals surface area contributed by atoms with Crippen molar-refractivity contribution in [2.24, 2.45) is 0 Å². The Labute approximate surface area is 163 Å². The van der Waals surface area contributed by atoms with Crippen LogP contribution in [0.15, 0.2) is 65.1 Å². The molecule has 1 amide bonds. The summed E-state index contributed by atoms with van der Waals surface area (Å²) in [5, 5.41) is 2.77. The summed E-state index contributed by atoms with van der Waals surface area (Å²) in [6, 6.07) is 19.1. The fraction of sp³-hybridized carbons (Fsp3) is 0.227. The summed E-state index contributed by atoms with van der Waals surface area (Å²) in [6.07, 6.45) is 0. The number of nitrogens with zero attached hydrogens (tertiary/aromatic N) is 1. The molecule has 0 aliphatic carbocycles. The predicted molar refractivity (Wildman–Crippen MR) is 105 cm³/mol. The van der Waals surface area contributed by atoms with Gasteiger partial charge in [0.15, 0.2) is 12.3 Å². The fourth-order valence-corrected chi connectivity index (χ4v) is 2.71. The molecule has 2 aromatic carbocycles. The maximum atomic E-state index is 12.2. The number of hydrogen-bond donors (Lipinski definition) is 1. The number of benzene rings is 2. The number of amides is 1. The zero-order chi connectivity index (χ0) is 19.9. The van der Waals surface area contributed by atoms with Crippen molar-refractivity contribution in [2.45, 2.75) is 19.8 Å². The lowest BCUT2D eigenvalue weighted by molar-refractivity contribution is -0.124. The number of aromatic nitrogens is 1. The first kappa shape index (κ1) is 19.4. The predicted octanol–water partition coefficient (Wildman–Crippen LogP) is 3.73. The molecule has 1 N–H and O–H groups in total. The normalized spacial score (nSPS) is 11.6. The molecule has 3 aromatic rings. The van der Waals surface area contributed by atoms with Gasteiger partial charge in [-0.25, -0.2) is 9.78 Å². The molecule has 0 spiro atoms. The van der Waals surface area contributed by atoms with Gasteiger partial charge in [0.1, 0.15) is 5.76 Å². The highest BCUT2D eigenvalue weighted by Crippen LogP contribution is 2.21. The summed E-state index contributed by atoms with van der Waals surface area (Å²) in [7, 11) is 0. The number of nitrogens with one attached hydrogen (secondary N) is 1. The van der Waals surface area contributed by atoms with E-state index in [4.69, 9.17) is 9.15 Å². The van der Waals surface area contributed by atoms with Crippen molar-refractivity contribution < 1.29 is 18.7 Å². The molecule has 0 saturated carbocycles. The first-order chi connectivity index (χ1) is 13.5. The van der Waals surface area contributed by atoms with E-state index in [0.717, 1.165) is 11.1 Å². The van der Waals surface area contributed by atoms with Crippen molar-refractivity contribution >= 4 is 11.9 Å². The maximum absolute atomic E-state index is 12.2. The van der Waals surface area contributed by atoms with Crippen LogP contribution in [0.4, 0.5) is 0 Å². The highest BCUT2D eigenvalue weighted by molar-refractivity contribution is 5.90. The van der Waals surface area contributed by atoms with E-state index in [9.17, 15) is 9.59 Å². The second-order valence-electron chi connectivity index (χ2n) is 6.48. The third-order valence-electron chi connectivity index (χ3n) is 4.32. The van der Waals surface area contributed by atoms with Crippen LogP contribution in [0, 0.1) is 6.92 Å². The van der Waals surface area contributed by atoms with E-state index < -0.39 is 5.97 Å². The van der Waals surface area contributed by atoms with Gasteiger partial charge < -0.3 is 14.5 Å². The van der Waals surface area contributed by atoms with Crippen LogP contribution >= 0.6 is 0 Å². The minimum absolute atomic E-state index is 0.0734. The van der Waals surface area contributed by atoms with Crippen molar-refractivity contribution in [3.63, 3.8) is 0 Å². The van der Waals surface area contributed by atoms with Gasteiger partial charge in [-0.2, -0.15) is 0 Å². The number of oxazole rings is 1. The topological polar surface area (TPSA) is 81.4 Å². The third-order valence-corrected chi connectivity index (χ3v) is 4.32. The van der Waals surface area contributed by atoms with Gasteiger partial charge in [-0.15, -0.1) is 0 Å². The SMILES string of the molecule is Cc1oc(-c2ccccc2)nc1C(=O)OCC(=O)NC[C@H](C)c1ccccc1. The molecule has 0 aliphatic heterocycles.